The second-order valence-corrected chi connectivity index (χ2v) is 2.83. The first-order chi connectivity index (χ1) is 4.29. The summed E-state index contributed by atoms with van der Waals surface area (Å²) in [7, 11) is 0. The first kappa shape index (κ1) is 6.96. The molecule has 1 aliphatic rings. The van der Waals surface area contributed by atoms with Gasteiger partial charge in [0.05, 0.1) is 11.1 Å². The van der Waals surface area contributed by atoms with Crippen LogP contribution in [0.25, 0.3) is 0 Å². The molecule has 0 unspecified atom stereocenters. The Labute approximate surface area is 60.4 Å². The van der Waals surface area contributed by atoms with E-state index in [0.29, 0.717) is 11.1 Å². The summed E-state index contributed by atoms with van der Waals surface area (Å²) in [5.41, 5.74) is 5.32. The Bertz CT molecular complexity index is 110. The largest absolute Gasteiger partial charge is 0.393 e. The Hall–Kier alpha value is -0.150. The van der Waals surface area contributed by atoms with E-state index < -0.39 is 0 Å². The molecule has 1 rings (SSSR count). The summed E-state index contributed by atoms with van der Waals surface area (Å²) in [5.74, 6) is 0. The van der Waals surface area contributed by atoms with Gasteiger partial charge < -0.3 is 10.5 Å². The van der Waals surface area contributed by atoms with Crippen LogP contribution >= 0.6 is 12.2 Å². The quantitative estimate of drug-likeness (QED) is 0.585. The first-order valence-electron chi connectivity index (χ1n) is 3.19. The maximum absolute atomic E-state index is 5.32. The highest BCUT2D eigenvalue weighted by atomic mass is 32.1. The highest BCUT2D eigenvalue weighted by Gasteiger charge is 2.15. The second kappa shape index (κ2) is 3.13. The van der Waals surface area contributed by atoms with Crippen molar-refractivity contribution in [2.75, 3.05) is 6.61 Å². The second-order valence-electron chi connectivity index (χ2n) is 2.31. The number of rotatable bonds is 2. The summed E-state index contributed by atoms with van der Waals surface area (Å²) in [4.78, 5) is 0.571. The van der Waals surface area contributed by atoms with E-state index >= 15 is 0 Å². The Kier molecular flexibility index (Phi) is 2.42. The van der Waals surface area contributed by atoms with E-state index in [0.717, 1.165) is 25.9 Å². The van der Waals surface area contributed by atoms with Gasteiger partial charge in [0, 0.05) is 13.0 Å². The molecule has 2 nitrogen and oxygen atoms in total. The molecule has 0 aromatic carbocycles. The van der Waals surface area contributed by atoms with E-state index in [2.05, 4.69) is 0 Å². The third-order valence-electron chi connectivity index (χ3n) is 1.45. The van der Waals surface area contributed by atoms with Crippen molar-refractivity contribution < 1.29 is 4.74 Å². The van der Waals surface area contributed by atoms with Crippen molar-refractivity contribution in [2.45, 2.75) is 25.4 Å². The SMILES string of the molecule is NC(=S)C[C@H]1CCCO1. The monoisotopic (exact) mass is 145 g/mol. The number of hydrogen-bond donors (Lipinski definition) is 1. The lowest BCUT2D eigenvalue weighted by atomic mass is 10.2. The van der Waals surface area contributed by atoms with E-state index in [1.165, 1.54) is 0 Å². The number of ether oxygens (including phenoxy) is 1. The van der Waals surface area contributed by atoms with Gasteiger partial charge in [0.25, 0.3) is 0 Å². The molecule has 0 saturated carbocycles. The van der Waals surface area contributed by atoms with Gasteiger partial charge in [0.15, 0.2) is 0 Å². The fourth-order valence-electron chi connectivity index (χ4n) is 1.03. The summed E-state index contributed by atoms with van der Waals surface area (Å²) in [6.45, 7) is 0.882. The summed E-state index contributed by atoms with van der Waals surface area (Å²) in [5, 5.41) is 0. The minimum absolute atomic E-state index is 0.322. The van der Waals surface area contributed by atoms with Crippen LogP contribution in [0.1, 0.15) is 19.3 Å². The van der Waals surface area contributed by atoms with Crippen LogP contribution in [0.4, 0.5) is 0 Å². The lowest BCUT2D eigenvalue weighted by Crippen LogP contribution is -2.17. The Balaban J connectivity index is 2.19. The zero-order chi connectivity index (χ0) is 6.69. The van der Waals surface area contributed by atoms with Gasteiger partial charge >= 0.3 is 0 Å². The maximum atomic E-state index is 5.32. The lowest BCUT2D eigenvalue weighted by Gasteiger charge is -2.05. The van der Waals surface area contributed by atoms with Crippen molar-refractivity contribution >= 4 is 17.2 Å². The third kappa shape index (κ3) is 2.28. The van der Waals surface area contributed by atoms with Crippen LogP contribution < -0.4 is 5.73 Å². The van der Waals surface area contributed by atoms with Gasteiger partial charge in [0.1, 0.15) is 0 Å². The summed E-state index contributed by atoms with van der Waals surface area (Å²) < 4.78 is 5.30. The van der Waals surface area contributed by atoms with Gasteiger partial charge in [-0.15, -0.1) is 0 Å². The Morgan fingerprint density at radius 3 is 3.00 bits per heavy atom. The van der Waals surface area contributed by atoms with Gasteiger partial charge in [-0.3, -0.25) is 0 Å². The van der Waals surface area contributed by atoms with Crippen LogP contribution in [0.5, 0.6) is 0 Å². The highest BCUT2D eigenvalue weighted by Crippen LogP contribution is 2.14. The molecule has 9 heavy (non-hydrogen) atoms. The van der Waals surface area contributed by atoms with E-state index in [1.807, 2.05) is 0 Å². The highest BCUT2D eigenvalue weighted by molar-refractivity contribution is 7.80. The Morgan fingerprint density at radius 2 is 2.56 bits per heavy atom. The molecule has 0 aromatic rings. The van der Waals surface area contributed by atoms with E-state index in [-0.39, 0.29) is 0 Å². The van der Waals surface area contributed by atoms with Gasteiger partial charge in [-0.2, -0.15) is 0 Å². The fraction of sp³-hybridized carbons (Fsp3) is 0.833. The number of hydrogen-bond acceptors (Lipinski definition) is 2. The fourth-order valence-corrected chi connectivity index (χ4v) is 1.22. The number of thiocarbonyl (C=S) groups is 1. The molecular weight excluding hydrogens is 134 g/mol. The van der Waals surface area contributed by atoms with Crippen molar-refractivity contribution in [3.8, 4) is 0 Å². The van der Waals surface area contributed by atoms with Crippen LogP contribution in [0, 0.1) is 0 Å². The molecule has 0 aliphatic carbocycles. The minimum atomic E-state index is 0.322. The topological polar surface area (TPSA) is 35.2 Å². The molecule has 1 fully saturated rings. The molecule has 0 bridgehead atoms. The molecule has 1 heterocycles. The van der Waals surface area contributed by atoms with Crippen molar-refractivity contribution in [1.82, 2.24) is 0 Å². The molecule has 2 N–H and O–H groups in total. The zero-order valence-electron chi connectivity index (χ0n) is 5.30. The average molecular weight is 145 g/mol. The van der Waals surface area contributed by atoms with Gasteiger partial charge in [-0.25, -0.2) is 0 Å². The van der Waals surface area contributed by atoms with Crippen LogP contribution in [0.15, 0.2) is 0 Å². The first-order valence-corrected chi connectivity index (χ1v) is 3.60. The minimum Gasteiger partial charge on any atom is -0.393 e. The van der Waals surface area contributed by atoms with E-state index in [1.54, 1.807) is 0 Å². The lowest BCUT2D eigenvalue weighted by molar-refractivity contribution is 0.117. The molecule has 0 radical (unpaired) electrons. The van der Waals surface area contributed by atoms with Crippen LogP contribution in [0.2, 0.25) is 0 Å². The zero-order valence-corrected chi connectivity index (χ0v) is 6.12. The number of nitrogens with two attached hydrogens (primary N) is 1. The van der Waals surface area contributed by atoms with Crippen molar-refractivity contribution in [1.29, 1.82) is 0 Å². The molecule has 0 amide bonds. The molecule has 1 saturated heterocycles. The predicted molar refractivity (Wildman–Crippen MR) is 40.4 cm³/mol. The molecular formula is C6H11NOS. The standard InChI is InChI=1S/C6H11NOS/c7-6(9)4-5-2-1-3-8-5/h5H,1-4H2,(H2,7,9)/t5-/m1/s1. The van der Waals surface area contributed by atoms with Crippen LogP contribution in [-0.4, -0.2) is 17.7 Å². The molecule has 3 heteroatoms. The van der Waals surface area contributed by atoms with Crippen LogP contribution in [0.3, 0.4) is 0 Å². The van der Waals surface area contributed by atoms with E-state index in [9.17, 15) is 0 Å². The maximum Gasteiger partial charge on any atom is 0.0753 e. The summed E-state index contributed by atoms with van der Waals surface area (Å²) in [6, 6.07) is 0. The van der Waals surface area contributed by atoms with Gasteiger partial charge in [-0.05, 0) is 12.8 Å². The predicted octanol–water partition coefficient (Wildman–Crippen LogP) is 0.842. The van der Waals surface area contributed by atoms with E-state index in [4.69, 9.17) is 22.7 Å². The molecule has 1 aliphatic heterocycles. The smallest absolute Gasteiger partial charge is 0.0753 e. The Morgan fingerprint density at radius 1 is 1.78 bits per heavy atom. The van der Waals surface area contributed by atoms with Gasteiger partial charge in [0.2, 0.25) is 0 Å². The molecule has 0 aromatic heterocycles. The molecule has 0 spiro atoms. The van der Waals surface area contributed by atoms with Gasteiger partial charge in [-0.1, -0.05) is 12.2 Å². The van der Waals surface area contributed by atoms with Crippen LogP contribution in [-0.2, 0) is 4.74 Å². The van der Waals surface area contributed by atoms with Crippen molar-refractivity contribution in [3.05, 3.63) is 0 Å². The third-order valence-corrected chi connectivity index (χ3v) is 1.62. The summed E-state index contributed by atoms with van der Waals surface area (Å²) in [6.07, 6.45) is 3.36. The normalized spacial score (nSPS) is 26.4. The molecule has 1 atom stereocenters. The molecule has 52 valence electrons. The van der Waals surface area contributed by atoms with Crippen molar-refractivity contribution in [2.24, 2.45) is 5.73 Å². The average Bonchev–Trinajstić information content (AvgIpc) is 2.15. The van der Waals surface area contributed by atoms with Crippen molar-refractivity contribution in [3.63, 3.8) is 0 Å². The summed E-state index contributed by atoms with van der Waals surface area (Å²) >= 11 is 4.73.